The number of thiazole rings is 2. The summed E-state index contributed by atoms with van der Waals surface area (Å²) in [5.74, 6) is 0.456. The van der Waals surface area contributed by atoms with Crippen LogP contribution in [0.3, 0.4) is 0 Å². The predicted octanol–water partition coefficient (Wildman–Crippen LogP) is 6.63. The van der Waals surface area contributed by atoms with Crippen LogP contribution in [0.25, 0.3) is 21.1 Å². The number of nitrogens with one attached hydrogen (secondary N) is 1. The Bertz CT molecular complexity index is 1150. The van der Waals surface area contributed by atoms with E-state index in [2.05, 4.69) is 15.2 Å². The van der Waals surface area contributed by atoms with Gasteiger partial charge in [-0.1, -0.05) is 40.6 Å². The zero-order valence-electron chi connectivity index (χ0n) is 15.6. The van der Waals surface area contributed by atoms with Crippen LogP contribution >= 0.6 is 45.9 Å². The number of aromatic nitrogens is 2. The summed E-state index contributed by atoms with van der Waals surface area (Å²) in [4.78, 5) is 12.1. The first-order valence-corrected chi connectivity index (χ1v) is 11.1. The Hall–Kier alpha value is -2.32. The average molecular weight is 462 g/mol. The van der Waals surface area contributed by atoms with Gasteiger partial charge < -0.3 is 16.0 Å². The number of nitrogens with zero attached hydrogens (tertiary/aromatic N) is 3. The number of hydrogen-bond donors (Lipinski definition) is 2. The Balaban J connectivity index is 1.56. The molecule has 3 N–H and O–H groups in total. The maximum absolute atomic E-state index is 6.16. The number of rotatable bonds is 5. The topological polar surface area (TPSA) is 67.1 Å². The molecule has 0 fully saturated rings. The van der Waals surface area contributed by atoms with Gasteiger partial charge >= 0.3 is 0 Å². The van der Waals surface area contributed by atoms with Crippen molar-refractivity contribution in [3.63, 3.8) is 0 Å². The molecule has 5 nitrogen and oxygen atoms in total. The monoisotopic (exact) mass is 461 g/mol. The van der Waals surface area contributed by atoms with E-state index in [0.29, 0.717) is 15.9 Å². The van der Waals surface area contributed by atoms with Crippen molar-refractivity contribution in [2.45, 2.75) is 0 Å². The second kappa shape index (κ2) is 8.20. The van der Waals surface area contributed by atoms with Gasteiger partial charge in [0, 0.05) is 36.4 Å². The summed E-state index contributed by atoms with van der Waals surface area (Å²) in [6, 6.07) is 13.6. The van der Waals surface area contributed by atoms with E-state index in [0.717, 1.165) is 37.6 Å². The first-order chi connectivity index (χ1) is 13.9. The van der Waals surface area contributed by atoms with E-state index in [1.54, 1.807) is 6.07 Å². The van der Waals surface area contributed by atoms with Gasteiger partial charge in [-0.2, -0.15) is 0 Å². The first kappa shape index (κ1) is 20.0. The Morgan fingerprint density at radius 1 is 1.00 bits per heavy atom. The van der Waals surface area contributed by atoms with Crippen molar-refractivity contribution in [3.8, 4) is 21.1 Å². The van der Waals surface area contributed by atoms with Crippen LogP contribution < -0.4 is 16.0 Å². The van der Waals surface area contributed by atoms with Crippen LogP contribution in [0.4, 0.5) is 22.3 Å². The molecule has 2 heterocycles. The van der Waals surface area contributed by atoms with E-state index in [4.69, 9.17) is 33.9 Å². The standard InChI is InChI=1S/C20H17Cl2N5S2/c1-27(2)13-6-4-12(5-7-13)24-20-26-18(23)17(29-20)19-25-16(10-28-19)11-3-8-14(21)15(22)9-11/h3-10H,23H2,1-2H3,(H,24,26). The summed E-state index contributed by atoms with van der Waals surface area (Å²) in [6.45, 7) is 0. The van der Waals surface area contributed by atoms with E-state index in [-0.39, 0.29) is 0 Å². The van der Waals surface area contributed by atoms with Crippen molar-refractivity contribution in [1.82, 2.24) is 9.97 Å². The molecular formula is C20H17Cl2N5S2. The predicted molar refractivity (Wildman–Crippen MR) is 127 cm³/mol. The lowest BCUT2D eigenvalue weighted by atomic mass is 10.2. The number of halogens is 2. The number of nitrogens with two attached hydrogens (primary N) is 1. The van der Waals surface area contributed by atoms with Crippen LogP contribution in [-0.4, -0.2) is 24.1 Å². The van der Waals surface area contributed by atoms with Gasteiger partial charge in [0.05, 0.1) is 15.7 Å². The third-order valence-electron chi connectivity index (χ3n) is 4.20. The normalized spacial score (nSPS) is 10.9. The lowest BCUT2D eigenvalue weighted by Gasteiger charge is -2.12. The van der Waals surface area contributed by atoms with Crippen LogP contribution in [0.15, 0.2) is 47.8 Å². The second-order valence-corrected chi connectivity index (χ2v) is 9.14. The molecule has 2 aromatic carbocycles. The molecule has 0 saturated heterocycles. The number of nitrogen functional groups attached to an aromatic ring is 1. The fourth-order valence-electron chi connectivity index (χ4n) is 2.67. The Morgan fingerprint density at radius 2 is 1.76 bits per heavy atom. The lowest BCUT2D eigenvalue weighted by Crippen LogP contribution is -2.08. The van der Waals surface area contributed by atoms with Crippen LogP contribution in [-0.2, 0) is 0 Å². The van der Waals surface area contributed by atoms with Gasteiger partial charge in [0.1, 0.15) is 15.7 Å². The molecule has 148 valence electrons. The molecule has 0 unspecified atom stereocenters. The summed E-state index contributed by atoms with van der Waals surface area (Å²) >= 11 is 15.1. The molecule has 0 aliphatic carbocycles. The SMILES string of the molecule is CN(C)c1ccc(Nc2nc(N)c(-c3nc(-c4ccc(Cl)c(Cl)c4)cs3)s2)cc1. The second-order valence-electron chi connectivity index (χ2n) is 6.47. The average Bonchev–Trinajstić information content (AvgIpc) is 3.31. The molecule has 0 aliphatic heterocycles. The maximum Gasteiger partial charge on any atom is 0.189 e. The van der Waals surface area contributed by atoms with Gasteiger partial charge in [0.2, 0.25) is 0 Å². The third-order valence-corrected chi connectivity index (χ3v) is 6.92. The summed E-state index contributed by atoms with van der Waals surface area (Å²) in [7, 11) is 4.02. The van der Waals surface area contributed by atoms with Gasteiger partial charge in [0.15, 0.2) is 5.13 Å². The fourth-order valence-corrected chi connectivity index (χ4v) is 4.80. The van der Waals surface area contributed by atoms with Crippen LogP contribution in [0, 0.1) is 0 Å². The van der Waals surface area contributed by atoms with E-state index < -0.39 is 0 Å². The van der Waals surface area contributed by atoms with Gasteiger partial charge in [-0.3, -0.25) is 0 Å². The molecule has 0 saturated carbocycles. The summed E-state index contributed by atoms with van der Waals surface area (Å²) < 4.78 is 0. The zero-order chi connectivity index (χ0) is 20.5. The highest BCUT2D eigenvalue weighted by atomic mass is 35.5. The van der Waals surface area contributed by atoms with Gasteiger partial charge in [-0.15, -0.1) is 11.3 Å². The van der Waals surface area contributed by atoms with E-state index in [9.17, 15) is 0 Å². The summed E-state index contributed by atoms with van der Waals surface area (Å²) in [6.07, 6.45) is 0. The zero-order valence-corrected chi connectivity index (χ0v) is 18.8. The van der Waals surface area contributed by atoms with Crippen molar-refractivity contribution in [3.05, 3.63) is 57.9 Å². The van der Waals surface area contributed by atoms with Crippen molar-refractivity contribution in [1.29, 1.82) is 0 Å². The Kier molecular flexibility index (Phi) is 5.65. The fraction of sp³-hybridized carbons (Fsp3) is 0.100. The molecule has 4 rings (SSSR count). The third kappa shape index (κ3) is 4.33. The summed E-state index contributed by atoms with van der Waals surface area (Å²) in [5, 5.41) is 7.84. The molecule has 0 amide bonds. The molecule has 0 bridgehead atoms. The van der Waals surface area contributed by atoms with E-state index in [1.165, 1.54) is 22.7 Å². The molecule has 0 spiro atoms. The Morgan fingerprint density at radius 3 is 2.45 bits per heavy atom. The summed E-state index contributed by atoms with van der Waals surface area (Å²) in [5.41, 5.74) is 9.98. The minimum atomic E-state index is 0.456. The highest BCUT2D eigenvalue weighted by Gasteiger charge is 2.15. The molecular weight excluding hydrogens is 445 g/mol. The molecule has 0 atom stereocenters. The largest absolute Gasteiger partial charge is 0.382 e. The van der Waals surface area contributed by atoms with Gasteiger partial charge in [-0.25, -0.2) is 9.97 Å². The molecule has 9 heteroatoms. The number of hydrogen-bond acceptors (Lipinski definition) is 7. The highest BCUT2D eigenvalue weighted by Crippen LogP contribution is 2.39. The molecule has 29 heavy (non-hydrogen) atoms. The molecule has 0 radical (unpaired) electrons. The molecule has 4 aromatic rings. The smallest absolute Gasteiger partial charge is 0.189 e. The van der Waals surface area contributed by atoms with Crippen LogP contribution in [0.5, 0.6) is 0 Å². The van der Waals surface area contributed by atoms with Crippen LogP contribution in [0.1, 0.15) is 0 Å². The lowest BCUT2D eigenvalue weighted by molar-refractivity contribution is 1.13. The number of benzene rings is 2. The molecule has 0 aliphatic rings. The van der Waals surface area contributed by atoms with Crippen molar-refractivity contribution < 1.29 is 0 Å². The minimum absolute atomic E-state index is 0.456. The first-order valence-electron chi connectivity index (χ1n) is 8.63. The highest BCUT2D eigenvalue weighted by molar-refractivity contribution is 7.23. The van der Waals surface area contributed by atoms with Crippen molar-refractivity contribution in [2.24, 2.45) is 0 Å². The van der Waals surface area contributed by atoms with Gasteiger partial charge in [-0.05, 0) is 36.4 Å². The maximum atomic E-state index is 6.16. The molecule has 2 aromatic heterocycles. The quantitative estimate of drug-likeness (QED) is 0.348. The Labute approximate surface area is 186 Å². The van der Waals surface area contributed by atoms with Crippen LogP contribution in [0.2, 0.25) is 10.0 Å². The number of anilines is 4. The minimum Gasteiger partial charge on any atom is -0.382 e. The van der Waals surface area contributed by atoms with Gasteiger partial charge in [0.25, 0.3) is 0 Å². The van der Waals surface area contributed by atoms with E-state index in [1.807, 2.05) is 55.9 Å². The van der Waals surface area contributed by atoms with Crippen molar-refractivity contribution >= 4 is 68.2 Å². The van der Waals surface area contributed by atoms with E-state index >= 15 is 0 Å². The van der Waals surface area contributed by atoms with Crippen molar-refractivity contribution in [2.75, 3.05) is 30.0 Å².